The van der Waals surface area contributed by atoms with Gasteiger partial charge in [0.05, 0.1) is 21.7 Å². The average Bonchev–Trinajstić information content (AvgIpc) is 3.08. The third-order valence-corrected chi connectivity index (χ3v) is 5.70. The number of hydrogen-bond acceptors (Lipinski definition) is 6. The van der Waals surface area contributed by atoms with Gasteiger partial charge in [0, 0.05) is 17.7 Å². The molecule has 0 aliphatic rings. The number of rotatable bonds is 8. The van der Waals surface area contributed by atoms with E-state index >= 15 is 0 Å². The molecular formula is C22H23N3O5S. The molecule has 0 unspecified atom stereocenters. The monoisotopic (exact) mass is 441 g/mol. The molecule has 0 bridgehead atoms. The Morgan fingerprint density at radius 1 is 1.19 bits per heavy atom. The standard InChI is InChI=1S/C22H23N3O5S/c1-3-5-7-15-10-11-18-19(12-15)31-22(24(18)14-20(26)30-4-2)23-21(27)16-8-6-9-17(13-16)25(28)29/h6,8-13H,3-5,7,14H2,1-2H3. The summed E-state index contributed by atoms with van der Waals surface area (Å²) in [5.41, 5.74) is 1.88. The topological polar surface area (TPSA) is 104 Å². The molecule has 31 heavy (non-hydrogen) atoms. The Morgan fingerprint density at radius 3 is 2.71 bits per heavy atom. The molecule has 0 fully saturated rings. The van der Waals surface area contributed by atoms with Gasteiger partial charge in [0.1, 0.15) is 6.54 Å². The molecule has 0 N–H and O–H groups in total. The minimum Gasteiger partial charge on any atom is -0.465 e. The van der Waals surface area contributed by atoms with E-state index in [9.17, 15) is 19.7 Å². The maximum Gasteiger partial charge on any atom is 0.326 e. The van der Waals surface area contributed by atoms with Gasteiger partial charge in [0.15, 0.2) is 4.80 Å². The second-order valence-electron chi connectivity index (χ2n) is 6.91. The number of esters is 1. The first kappa shape index (κ1) is 22.4. The quantitative estimate of drug-likeness (QED) is 0.295. The number of aromatic nitrogens is 1. The normalized spacial score (nSPS) is 11.6. The number of nitrogens with zero attached hydrogens (tertiary/aromatic N) is 3. The van der Waals surface area contributed by atoms with Gasteiger partial charge in [0.2, 0.25) is 0 Å². The van der Waals surface area contributed by atoms with Crippen molar-refractivity contribution in [3.05, 3.63) is 68.5 Å². The lowest BCUT2D eigenvalue weighted by Crippen LogP contribution is -2.23. The molecule has 162 valence electrons. The zero-order chi connectivity index (χ0) is 22.4. The van der Waals surface area contributed by atoms with E-state index in [4.69, 9.17) is 4.74 Å². The van der Waals surface area contributed by atoms with Crippen molar-refractivity contribution in [2.24, 2.45) is 4.99 Å². The molecule has 0 saturated carbocycles. The molecule has 1 aromatic heterocycles. The number of thiazole rings is 1. The number of benzene rings is 2. The Hall–Kier alpha value is -3.33. The molecule has 3 rings (SSSR count). The molecule has 2 aromatic carbocycles. The van der Waals surface area contributed by atoms with Gasteiger partial charge >= 0.3 is 5.97 Å². The highest BCUT2D eigenvalue weighted by molar-refractivity contribution is 7.16. The Morgan fingerprint density at radius 2 is 2.00 bits per heavy atom. The van der Waals surface area contributed by atoms with Crippen LogP contribution in [0.3, 0.4) is 0 Å². The smallest absolute Gasteiger partial charge is 0.326 e. The molecule has 0 spiro atoms. The van der Waals surface area contributed by atoms with Crippen molar-refractivity contribution in [1.29, 1.82) is 0 Å². The summed E-state index contributed by atoms with van der Waals surface area (Å²) < 4.78 is 7.63. The number of amides is 1. The van der Waals surface area contributed by atoms with E-state index in [-0.39, 0.29) is 24.4 Å². The molecule has 0 aliphatic carbocycles. The van der Waals surface area contributed by atoms with Crippen LogP contribution in [0.15, 0.2) is 47.5 Å². The van der Waals surface area contributed by atoms with Crippen molar-refractivity contribution in [1.82, 2.24) is 4.57 Å². The van der Waals surface area contributed by atoms with Crippen molar-refractivity contribution < 1.29 is 19.2 Å². The summed E-state index contributed by atoms with van der Waals surface area (Å²) >= 11 is 1.30. The molecule has 0 saturated heterocycles. The molecular weight excluding hydrogens is 418 g/mol. The zero-order valence-electron chi connectivity index (χ0n) is 17.4. The lowest BCUT2D eigenvalue weighted by Gasteiger charge is -2.06. The van der Waals surface area contributed by atoms with Gasteiger partial charge in [-0.2, -0.15) is 4.99 Å². The van der Waals surface area contributed by atoms with Crippen LogP contribution in [0.2, 0.25) is 0 Å². The summed E-state index contributed by atoms with van der Waals surface area (Å²) in [5, 5.41) is 11.0. The van der Waals surface area contributed by atoms with Crippen molar-refractivity contribution in [3.8, 4) is 0 Å². The van der Waals surface area contributed by atoms with Crippen LogP contribution < -0.4 is 4.80 Å². The van der Waals surface area contributed by atoms with Crippen molar-refractivity contribution in [2.75, 3.05) is 6.61 Å². The fraction of sp³-hybridized carbons (Fsp3) is 0.318. The van der Waals surface area contributed by atoms with Crippen LogP contribution in [0.25, 0.3) is 10.2 Å². The average molecular weight is 442 g/mol. The van der Waals surface area contributed by atoms with Gasteiger partial charge in [-0.1, -0.05) is 36.8 Å². The van der Waals surface area contributed by atoms with Crippen LogP contribution >= 0.6 is 11.3 Å². The predicted octanol–water partition coefficient (Wildman–Crippen LogP) is 4.26. The Balaban J connectivity index is 2.07. The van der Waals surface area contributed by atoms with Crippen molar-refractivity contribution in [3.63, 3.8) is 0 Å². The number of fused-ring (bicyclic) bond motifs is 1. The maximum absolute atomic E-state index is 12.7. The number of ether oxygens (including phenoxy) is 1. The van der Waals surface area contributed by atoms with Gasteiger partial charge < -0.3 is 9.30 Å². The van der Waals surface area contributed by atoms with Crippen molar-refractivity contribution >= 4 is 39.1 Å². The van der Waals surface area contributed by atoms with E-state index in [2.05, 4.69) is 11.9 Å². The first-order valence-corrected chi connectivity index (χ1v) is 10.9. The highest BCUT2D eigenvalue weighted by atomic mass is 32.1. The number of nitro benzene ring substituents is 1. The summed E-state index contributed by atoms with van der Waals surface area (Å²) in [4.78, 5) is 39.8. The Kier molecular flexibility index (Phi) is 7.30. The van der Waals surface area contributed by atoms with E-state index in [1.807, 2.05) is 18.2 Å². The third kappa shape index (κ3) is 5.43. The highest BCUT2D eigenvalue weighted by Crippen LogP contribution is 2.21. The van der Waals surface area contributed by atoms with Crippen LogP contribution in [0, 0.1) is 10.1 Å². The van der Waals surface area contributed by atoms with Gasteiger partial charge in [-0.3, -0.25) is 19.7 Å². The van der Waals surface area contributed by atoms with Gasteiger partial charge in [-0.15, -0.1) is 0 Å². The molecule has 8 nitrogen and oxygen atoms in total. The highest BCUT2D eigenvalue weighted by Gasteiger charge is 2.15. The molecule has 9 heteroatoms. The van der Waals surface area contributed by atoms with Gasteiger partial charge in [0.25, 0.3) is 11.6 Å². The second-order valence-corrected chi connectivity index (χ2v) is 7.91. The Labute approximate surface area is 183 Å². The number of aryl methyl sites for hydroxylation is 1. The largest absolute Gasteiger partial charge is 0.465 e. The molecule has 0 radical (unpaired) electrons. The van der Waals surface area contributed by atoms with E-state index in [0.29, 0.717) is 4.80 Å². The van der Waals surface area contributed by atoms with E-state index < -0.39 is 16.8 Å². The van der Waals surface area contributed by atoms with Crippen molar-refractivity contribution in [2.45, 2.75) is 39.7 Å². The zero-order valence-corrected chi connectivity index (χ0v) is 18.2. The van der Waals surface area contributed by atoms with Crippen LogP contribution in [0.4, 0.5) is 5.69 Å². The second kappa shape index (κ2) is 10.1. The summed E-state index contributed by atoms with van der Waals surface area (Å²) in [7, 11) is 0. The fourth-order valence-corrected chi connectivity index (χ4v) is 4.22. The van der Waals surface area contributed by atoms with Gasteiger partial charge in [-0.25, -0.2) is 0 Å². The number of carbonyl (C=O) groups is 2. The SMILES string of the molecule is CCCCc1ccc2c(c1)sc(=NC(=O)c1cccc([N+](=O)[O-])c1)n2CC(=O)OCC. The van der Waals surface area contributed by atoms with E-state index in [1.165, 1.54) is 41.2 Å². The molecule has 3 aromatic rings. The summed E-state index contributed by atoms with van der Waals surface area (Å²) in [6.07, 6.45) is 3.10. The third-order valence-electron chi connectivity index (χ3n) is 4.66. The van der Waals surface area contributed by atoms with Crippen LogP contribution in [-0.4, -0.2) is 28.0 Å². The number of nitro groups is 1. The predicted molar refractivity (Wildman–Crippen MR) is 118 cm³/mol. The van der Waals surface area contributed by atoms with Gasteiger partial charge in [-0.05, 0) is 43.5 Å². The molecule has 0 atom stereocenters. The lowest BCUT2D eigenvalue weighted by molar-refractivity contribution is -0.384. The number of non-ortho nitro benzene ring substituents is 1. The van der Waals surface area contributed by atoms with Crippen LogP contribution in [-0.2, 0) is 22.5 Å². The van der Waals surface area contributed by atoms with E-state index in [0.717, 1.165) is 29.5 Å². The summed E-state index contributed by atoms with van der Waals surface area (Å²) in [5.74, 6) is -1.04. The summed E-state index contributed by atoms with van der Waals surface area (Å²) in [6, 6.07) is 11.4. The minimum absolute atomic E-state index is 0.0802. The maximum atomic E-state index is 12.7. The van der Waals surface area contributed by atoms with Crippen LogP contribution in [0.1, 0.15) is 42.6 Å². The number of carbonyl (C=O) groups excluding carboxylic acids is 2. The first-order chi connectivity index (χ1) is 14.9. The first-order valence-electron chi connectivity index (χ1n) is 10.0. The van der Waals surface area contributed by atoms with E-state index in [1.54, 1.807) is 11.5 Å². The van der Waals surface area contributed by atoms with Crippen LogP contribution in [0.5, 0.6) is 0 Å². The molecule has 0 aliphatic heterocycles. The molecule has 1 amide bonds. The number of hydrogen-bond donors (Lipinski definition) is 0. The lowest BCUT2D eigenvalue weighted by atomic mass is 10.1. The number of unbranched alkanes of at least 4 members (excludes halogenated alkanes) is 1. The summed E-state index contributed by atoms with van der Waals surface area (Å²) in [6.45, 7) is 4.03. The fourth-order valence-electron chi connectivity index (χ4n) is 3.13. The Bertz CT molecular complexity index is 1200. The minimum atomic E-state index is -0.612. The molecule has 1 heterocycles.